The van der Waals surface area contributed by atoms with E-state index in [1.54, 1.807) is 25.4 Å². The first kappa shape index (κ1) is 14.5. The fourth-order valence-electron chi connectivity index (χ4n) is 2.07. The molecular formula is C14H13N3O4S. The lowest BCUT2D eigenvalue weighted by atomic mass is 10.1. The zero-order valence-corrected chi connectivity index (χ0v) is 12.8. The van der Waals surface area contributed by atoms with E-state index in [0.29, 0.717) is 22.1 Å². The van der Waals surface area contributed by atoms with Gasteiger partial charge in [0.25, 0.3) is 5.56 Å². The first-order chi connectivity index (χ1) is 10.5. The number of thiazole rings is 1. The Balaban J connectivity index is 1.68. The number of fused-ring (bicyclic) bond motifs is 1. The molecule has 0 fully saturated rings. The number of rotatable bonds is 4. The number of esters is 1. The van der Waals surface area contributed by atoms with E-state index in [-0.39, 0.29) is 18.6 Å². The average molecular weight is 319 g/mol. The third-order valence-corrected chi connectivity index (χ3v) is 4.00. The third kappa shape index (κ3) is 2.77. The van der Waals surface area contributed by atoms with Crippen molar-refractivity contribution >= 4 is 22.3 Å². The Morgan fingerprint density at radius 1 is 1.45 bits per heavy atom. The van der Waals surface area contributed by atoms with Gasteiger partial charge in [0.15, 0.2) is 4.96 Å². The summed E-state index contributed by atoms with van der Waals surface area (Å²) in [5, 5.41) is 5.56. The molecule has 0 spiro atoms. The first-order valence-electron chi connectivity index (χ1n) is 6.58. The van der Waals surface area contributed by atoms with Crippen molar-refractivity contribution in [3.63, 3.8) is 0 Å². The van der Waals surface area contributed by atoms with Gasteiger partial charge in [-0.15, -0.1) is 11.3 Å². The van der Waals surface area contributed by atoms with Gasteiger partial charge in [-0.2, -0.15) is 0 Å². The van der Waals surface area contributed by atoms with Crippen molar-refractivity contribution in [1.29, 1.82) is 0 Å². The van der Waals surface area contributed by atoms with Crippen LogP contribution in [0.5, 0.6) is 0 Å². The second-order valence-electron chi connectivity index (χ2n) is 4.78. The van der Waals surface area contributed by atoms with Crippen LogP contribution < -0.4 is 5.56 Å². The van der Waals surface area contributed by atoms with Gasteiger partial charge in [0.05, 0.1) is 17.8 Å². The number of hydrogen-bond donors (Lipinski definition) is 0. The first-order valence-corrected chi connectivity index (χ1v) is 7.45. The van der Waals surface area contributed by atoms with Gasteiger partial charge in [-0.05, 0) is 13.8 Å². The van der Waals surface area contributed by atoms with E-state index in [1.807, 2.05) is 0 Å². The van der Waals surface area contributed by atoms with Crippen molar-refractivity contribution < 1.29 is 14.1 Å². The molecule has 0 radical (unpaired) electrons. The largest absolute Gasteiger partial charge is 0.459 e. The monoisotopic (exact) mass is 319 g/mol. The van der Waals surface area contributed by atoms with E-state index in [0.717, 1.165) is 5.56 Å². The van der Waals surface area contributed by atoms with Crippen molar-refractivity contribution in [2.45, 2.75) is 26.9 Å². The average Bonchev–Trinajstić information content (AvgIpc) is 3.07. The quantitative estimate of drug-likeness (QED) is 0.680. The minimum absolute atomic E-state index is 0.0359. The summed E-state index contributed by atoms with van der Waals surface area (Å²) in [5.74, 6) is 0.188. The SMILES string of the molecule is Cc1noc(C)c1CC(=O)OCc1cc(=O)n2ccsc2n1. The maximum absolute atomic E-state index is 11.9. The van der Waals surface area contributed by atoms with Crippen LogP contribution in [0.2, 0.25) is 0 Å². The summed E-state index contributed by atoms with van der Waals surface area (Å²) in [6, 6.07) is 1.36. The van der Waals surface area contributed by atoms with Crippen molar-refractivity contribution in [3.8, 4) is 0 Å². The Morgan fingerprint density at radius 2 is 2.27 bits per heavy atom. The summed E-state index contributed by atoms with van der Waals surface area (Å²) in [6.45, 7) is 3.48. The lowest BCUT2D eigenvalue weighted by Gasteiger charge is -2.04. The fraction of sp³-hybridized carbons (Fsp3) is 0.286. The van der Waals surface area contributed by atoms with Gasteiger partial charge in [-0.3, -0.25) is 14.0 Å². The zero-order chi connectivity index (χ0) is 15.7. The normalized spacial score (nSPS) is 11.0. The molecule has 3 aromatic heterocycles. The van der Waals surface area contributed by atoms with E-state index in [9.17, 15) is 9.59 Å². The van der Waals surface area contributed by atoms with E-state index in [4.69, 9.17) is 9.26 Å². The van der Waals surface area contributed by atoms with Gasteiger partial charge < -0.3 is 9.26 Å². The number of aryl methyl sites for hydroxylation is 2. The molecule has 3 aromatic rings. The molecule has 0 saturated carbocycles. The Labute approximate surface area is 129 Å². The molecule has 0 amide bonds. The number of nitrogens with zero attached hydrogens (tertiary/aromatic N) is 3. The van der Waals surface area contributed by atoms with Gasteiger partial charge in [-0.25, -0.2) is 4.98 Å². The van der Waals surface area contributed by atoms with Crippen molar-refractivity contribution in [2.75, 3.05) is 0 Å². The van der Waals surface area contributed by atoms with Crippen molar-refractivity contribution in [2.24, 2.45) is 0 Å². The standard InChI is InChI=1S/C14H13N3O4S/c1-8-11(9(2)21-16-8)6-13(19)20-7-10-5-12(18)17-3-4-22-14(17)15-10/h3-5H,6-7H2,1-2H3. The number of ether oxygens (including phenoxy) is 1. The molecule has 0 atom stereocenters. The van der Waals surface area contributed by atoms with Crippen molar-refractivity contribution in [3.05, 3.63) is 50.7 Å². The molecule has 7 nitrogen and oxygen atoms in total. The summed E-state index contributed by atoms with van der Waals surface area (Å²) in [5.41, 5.74) is 1.64. The van der Waals surface area contributed by atoms with Crippen molar-refractivity contribution in [1.82, 2.24) is 14.5 Å². The van der Waals surface area contributed by atoms with Crippen LogP contribution in [-0.4, -0.2) is 20.5 Å². The topological polar surface area (TPSA) is 86.7 Å². The van der Waals surface area contributed by atoms with Crippen LogP contribution >= 0.6 is 11.3 Å². The molecule has 0 aliphatic heterocycles. The third-order valence-electron chi connectivity index (χ3n) is 3.24. The molecule has 3 rings (SSSR count). The predicted octanol–water partition coefficient (Wildman–Crippen LogP) is 1.65. The highest BCUT2D eigenvalue weighted by Crippen LogP contribution is 2.14. The molecule has 22 heavy (non-hydrogen) atoms. The second-order valence-corrected chi connectivity index (χ2v) is 5.65. The fourth-order valence-corrected chi connectivity index (χ4v) is 2.80. The molecule has 0 aliphatic carbocycles. The lowest BCUT2D eigenvalue weighted by Crippen LogP contribution is -2.15. The number of aromatic nitrogens is 3. The van der Waals surface area contributed by atoms with Gasteiger partial charge in [-0.1, -0.05) is 5.16 Å². The minimum Gasteiger partial charge on any atom is -0.459 e. The van der Waals surface area contributed by atoms with E-state index >= 15 is 0 Å². The Hall–Kier alpha value is -2.48. The summed E-state index contributed by atoms with van der Waals surface area (Å²) in [6.07, 6.45) is 1.74. The molecule has 0 bridgehead atoms. The number of hydrogen-bond acceptors (Lipinski definition) is 7. The van der Waals surface area contributed by atoms with Gasteiger partial charge in [0, 0.05) is 23.2 Å². The van der Waals surface area contributed by atoms with E-state index in [1.165, 1.54) is 21.8 Å². The number of carbonyl (C=O) groups excluding carboxylic acids is 1. The van der Waals surface area contributed by atoms with Gasteiger partial charge in [0.2, 0.25) is 0 Å². The number of carbonyl (C=O) groups is 1. The van der Waals surface area contributed by atoms with Gasteiger partial charge >= 0.3 is 5.97 Å². The van der Waals surface area contributed by atoms with Crippen LogP contribution in [0, 0.1) is 13.8 Å². The molecule has 0 aromatic carbocycles. The second kappa shape index (κ2) is 5.72. The summed E-state index contributed by atoms with van der Waals surface area (Å²) in [7, 11) is 0. The Morgan fingerprint density at radius 3 is 3.00 bits per heavy atom. The lowest BCUT2D eigenvalue weighted by molar-refractivity contribution is -0.144. The van der Waals surface area contributed by atoms with Crippen LogP contribution in [0.15, 0.2) is 27.0 Å². The molecule has 3 heterocycles. The van der Waals surface area contributed by atoms with Crippen LogP contribution in [0.25, 0.3) is 4.96 Å². The molecular weight excluding hydrogens is 306 g/mol. The highest BCUT2D eigenvalue weighted by atomic mass is 32.1. The summed E-state index contributed by atoms with van der Waals surface area (Å²) in [4.78, 5) is 28.6. The highest BCUT2D eigenvalue weighted by molar-refractivity contribution is 7.15. The molecule has 0 saturated heterocycles. The van der Waals surface area contributed by atoms with Crippen LogP contribution in [0.3, 0.4) is 0 Å². The van der Waals surface area contributed by atoms with E-state index in [2.05, 4.69) is 10.1 Å². The summed E-state index contributed by atoms with van der Waals surface area (Å²) >= 11 is 1.35. The predicted molar refractivity (Wildman–Crippen MR) is 78.8 cm³/mol. The Kier molecular flexibility index (Phi) is 3.76. The minimum atomic E-state index is -0.414. The molecule has 0 N–H and O–H groups in total. The smallest absolute Gasteiger partial charge is 0.310 e. The maximum Gasteiger partial charge on any atom is 0.310 e. The molecule has 0 aliphatic rings. The molecule has 8 heteroatoms. The van der Waals surface area contributed by atoms with Gasteiger partial charge in [0.1, 0.15) is 12.4 Å². The molecule has 114 valence electrons. The highest BCUT2D eigenvalue weighted by Gasteiger charge is 2.15. The zero-order valence-electron chi connectivity index (χ0n) is 12.0. The maximum atomic E-state index is 11.9. The van der Waals surface area contributed by atoms with Crippen LogP contribution in [0.1, 0.15) is 22.7 Å². The summed E-state index contributed by atoms with van der Waals surface area (Å²) < 4.78 is 11.6. The van der Waals surface area contributed by atoms with Crippen LogP contribution in [0.4, 0.5) is 0 Å². The van der Waals surface area contributed by atoms with E-state index < -0.39 is 5.97 Å². The molecule has 0 unspecified atom stereocenters. The van der Waals surface area contributed by atoms with Crippen LogP contribution in [-0.2, 0) is 22.6 Å². The Bertz CT molecular complexity index is 874.